The number of ether oxygens (including phenoxy) is 2. The van der Waals surface area contributed by atoms with E-state index in [9.17, 15) is 9.59 Å². The van der Waals surface area contributed by atoms with Crippen molar-refractivity contribution in [2.75, 3.05) is 58.5 Å². The molecule has 2 aliphatic heterocycles. The van der Waals surface area contributed by atoms with Crippen LogP contribution in [0.3, 0.4) is 0 Å². The van der Waals surface area contributed by atoms with Crippen LogP contribution in [-0.2, 0) is 14.3 Å². The molecular weight excluding hydrogens is 336 g/mol. The molecule has 2 heterocycles. The van der Waals surface area contributed by atoms with Crippen molar-refractivity contribution in [1.29, 1.82) is 5.26 Å². The smallest absolute Gasteiger partial charge is 0.319 e. The monoisotopic (exact) mass is 358 g/mol. The van der Waals surface area contributed by atoms with Crippen LogP contribution < -0.4 is 4.90 Å². The average molecular weight is 358 g/mol. The number of morpholine rings is 1. The van der Waals surface area contributed by atoms with Crippen molar-refractivity contribution >= 4 is 17.6 Å². The number of rotatable bonds is 1. The van der Waals surface area contributed by atoms with Crippen molar-refractivity contribution in [2.45, 2.75) is 5.60 Å². The van der Waals surface area contributed by atoms with Gasteiger partial charge in [0, 0.05) is 26.3 Å². The summed E-state index contributed by atoms with van der Waals surface area (Å²) in [6.45, 7) is 1.70. The average Bonchev–Trinajstić information content (AvgIpc) is 2.86. The molecule has 0 radical (unpaired) electrons. The van der Waals surface area contributed by atoms with Crippen LogP contribution in [0.4, 0.5) is 10.5 Å². The first-order valence-electron chi connectivity index (χ1n) is 8.43. The van der Waals surface area contributed by atoms with E-state index in [-0.39, 0.29) is 25.1 Å². The molecule has 1 spiro atoms. The molecule has 3 amide bonds. The van der Waals surface area contributed by atoms with Gasteiger partial charge in [0.25, 0.3) is 5.91 Å². The highest BCUT2D eigenvalue weighted by atomic mass is 16.6. The maximum Gasteiger partial charge on any atom is 0.319 e. The second kappa shape index (κ2) is 7.32. The Morgan fingerprint density at radius 3 is 2.88 bits per heavy atom. The number of amides is 3. The molecular formula is C18H22N4O4. The van der Waals surface area contributed by atoms with Crippen molar-refractivity contribution in [3.63, 3.8) is 0 Å². The van der Waals surface area contributed by atoms with Crippen molar-refractivity contribution in [3.8, 4) is 6.07 Å². The summed E-state index contributed by atoms with van der Waals surface area (Å²) >= 11 is 0. The Labute approximate surface area is 152 Å². The standard InChI is InChI=1S/C18H22N4O4/c1-20(2)17(24)21-6-7-25-13-18(11-21)12-22(16(23)10-26-18)15-5-3-4-14(8-15)9-19/h3-5,8H,6-7,10-13H2,1-2H3/t18-/m1/s1. The molecule has 2 fully saturated rings. The Morgan fingerprint density at radius 2 is 2.15 bits per heavy atom. The van der Waals surface area contributed by atoms with E-state index in [2.05, 4.69) is 6.07 Å². The fraction of sp³-hybridized carbons (Fsp3) is 0.500. The number of nitrogens with zero attached hydrogens (tertiary/aromatic N) is 4. The van der Waals surface area contributed by atoms with Crippen LogP contribution >= 0.6 is 0 Å². The lowest BCUT2D eigenvalue weighted by molar-refractivity contribution is -0.145. The van der Waals surface area contributed by atoms with Gasteiger partial charge in [-0.25, -0.2) is 4.79 Å². The van der Waals surface area contributed by atoms with Crippen LogP contribution in [0.15, 0.2) is 24.3 Å². The molecule has 0 aliphatic carbocycles. The molecule has 0 N–H and O–H groups in total. The number of hydrogen-bond donors (Lipinski definition) is 0. The van der Waals surface area contributed by atoms with Gasteiger partial charge in [-0.3, -0.25) is 4.79 Å². The van der Waals surface area contributed by atoms with Gasteiger partial charge in [0.15, 0.2) is 0 Å². The summed E-state index contributed by atoms with van der Waals surface area (Å²) in [5.41, 5.74) is 0.336. The van der Waals surface area contributed by atoms with E-state index in [1.807, 2.05) is 0 Å². The van der Waals surface area contributed by atoms with E-state index in [1.54, 1.807) is 48.2 Å². The van der Waals surface area contributed by atoms with Crippen molar-refractivity contribution < 1.29 is 19.1 Å². The third-order valence-electron chi connectivity index (χ3n) is 4.54. The van der Waals surface area contributed by atoms with Crippen LogP contribution in [0.5, 0.6) is 0 Å². The topological polar surface area (TPSA) is 86.1 Å². The molecule has 1 aromatic rings. The molecule has 8 nitrogen and oxygen atoms in total. The summed E-state index contributed by atoms with van der Waals surface area (Å²) in [7, 11) is 3.40. The first-order chi connectivity index (χ1) is 12.4. The second-order valence-corrected chi connectivity index (χ2v) is 6.76. The maximum absolute atomic E-state index is 12.4. The zero-order chi connectivity index (χ0) is 18.7. The number of carbonyl (C=O) groups excluding carboxylic acids is 2. The van der Waals surface area contributed by atoms with Crippen LogP contribution in [0, 0.1) is 11.3 Å². The van der Waals surface area contributed by atoms with E-state index >= 15 is 0 Å². The lowest BCUT2D eigenvalue weighted by atomic mass is 10.0. The number of nitriles is 1. The Kier molecular flexibility index (Phi) is 5.11. The van der Waals surface area contributed by atoms with Crippen molar-refractivity contribution in [2.24, 2.45) is 0 Å². The molecule has 26 heavy (non-hydrogen) atoms. The molecule has 0 bridgehead atoms. The van der Waals surface area contributed by atoms with Gasteiger partial charge in [0.2, 0.25) is 0 Å². The minimum absolute atomic E-state index is 0.0931. The zero-order valence-corrected chi connectivity index (χ0v) is 15.0. The molecule has 3 rings (SSSR count). The molecule has 0 saturated carbocycles. The Balaban J connectivity index is 1.86. The number of carbonyl (C=O) groups is 2. The van der Waals surface area contributed by atoms with Gasteiger partial charge < -0.3 is 24.2 Å². The van der Waals surface area contributed by atoms with Gasteiger partial charge >= 0.3 is 6.03 Å². The Bertz CT molecular complexity index is 745. The zero-order valence-electron chi connectivity index (χ0n) is 15.0. The van der Waals surface area contributed by atoms with Crippen LogP contribution in [0.25, 0.3) is 0 Å². The summed E-state index contributed by atoms with van der Waals surface area (Å²) in [5.74, 6) is -0.180. The van der Waals surface area contributed by atoms with E-state index < -0.39 is 5.60 Å². The first-order valence-corrected chi connectivity index (χ1v) is 8.43. The normalized spacial score (nSPS) is 23.5. The van der Waals surface area contributed by atoms with Crippen LogP contribution in [0.2, 0.25) is 0 Å². The lowest BCUT2D eigenvalue weighted by Crippen LogP contribution is -2.61. The summed E-state index contributed by atoms with van der Waals surface area (Å²) in [5, 5.41) is 9.11. The summed E-state index contributed by atoms with van der Waals surface area (Å²) in [4.78, 5) is 29.6. The molecule has 138 valence electrons. The Hall–Kier alpha value is -2.63. The number of hydrogen-bond acceptors (Lipinski definition) is 5. The van der Waals surface area contributed by atoms with E-state index in [1.165, 1.54) is 4.90 Å². The molecule has 0 unspecified atom stereocenters. The van der Waals surface area contributed by atoms with E-state index in [0.29, 0.717) is 37.6 Å². The number of benzene rings is 1. The van der Waals surface area contributed by atoms with Crippen LogP contribution in [-0.4, -0.2) is 80.9 Å². The van der Waals surface area contributed by atoms with Gasteiger partial charge in [0.05, 0.1) is 37.9 Å². The highest BCUT2D eigenvalue weighted by Crippen LogP contribution is 2.28. The summed E-state index contributed by atoms with van der Waals surface area (Å²) < 4.78 is 11.6. The molecule has 8 heteroatoms. The fourth-order valence-corrected chi connectivity index (χ4v) is 3.23. The van der Waals surface area contributed by atoms with Crippen molar-refractivity contribution in [1.82, 2.24) is 9.80 Å². The summed E-state index contributed by atoms with van der Waals surface area (Å²) in [6.07, 6.45) is 0. The van der Waals surface area contributed by atoms with Gasteiger partial charge in [-0.05, 0) is 18.2 Å². The van der Waals surface area contributed by atoms with Gasteiger partial charge in [-0.15, -0.1) is 0 Å². The molecule has 2 aliphatic rings. The fourth-order valence-electron chi connectivity index (χ4n) is 3.23. The second-order valence-electron chi connectivity index (χ2n) is 6.76. The third kappa shape index (κ3) is 3.64. The minimum Gasteiger partial charge on any atom is -0.376 e. The number of urea groups is 1. The largest absolute Gasteiger partial charge is 0.376 e. The lowest BCUT2D eigenvalue weighted by Gasteiger charge is -2.43. The van der Waals surface area contributed by atoms with E-state index in [4.69, 9.17) is 14.7 Å². The van der Waals surface area contributed by atoms with Gasteiger partial charge in [-0.1, -0.05) is 6.07 Å². The van der Waals surface area contributed by atoms with Gasteiger partial charge in [-0.2, -0.15) is 5.26 Å². The molecule has 2 saturated heterocycles. The quantitative estimate of drug-likeness (QED) is 0.737. The predicted octanol–water partition coefficient (Wildman–Crippen LogP) is 0.674. The van der Waals surface area contributed by atoms with Gasteiger partial charge in [0.1, 0.15) is 12.2 Å². The maximum atomic E-state index is 12.4. The van der Waals surface area contributed by atoms with E-state index in [0.717, 1.165) is 0 Å². The molecule has 1 aromatic carbocycles. The molecule has 0 aromatic heterocycles. The van der Waals surface area contributed by atoms with Crippen molar-refractivity contribution in [3.05, 3.63) is 29.8 Å². The SMILES string of the molecule is CN(C)C(=O)N1CCOC[C@@]2(C1)CN(c1cccc(C#N)c1)C(=O)CO2. The molecule has 1 atom stereocenters. The van der Waals surface area contributed by atoms with Crippen LogP contribution in [0.1, 0.15) is 5.56 Å². The predicted molar refractivity (Wildman–Crippen MR) is 93.7 cm³/mol. The Morgan fingerprint density at radius 1 is 1.35 bits per heavy atom. The minimum atomic E-state index is -0.793. The highest BCUT2D eigenvalue weighted by molar-refractivity contribution is 5.95. The number of anilines is 1. The third-order valence-corrected chi connectivity index (χ3v) is 4.54. The summed E-state index contributed by atoms with van der Waals surface area (Å²) in [6, 6.07) is 8.87. The first kappa shape index (κ1) is 18.2. The highest BCUT2D eigenvalue weighted by Gasteiger charge is 2.44.